The van der Waals surface area contributed by atoms with Crippen molar-refractivity contribution in [2.75, 3.05) is 10.6 Å². The van der Waals surface area contributed by atoms with Crippen LogP contribution in [0.15, 0.2) is 0 Å². The Morgan fingerprint density at radius 1 is 0.824 bits per heavy atom. The van der Waals surface area contributed by atoms with Crippen LogP contribution in [-0.2, 0) is 35.3 Å². The van der Waals surface area contributed by atoms with Crippen molar-refractivity contribution in [1.82, 2.24) is 0 Å². The highest BCUT2D eigenvalue weighted by molar-refractivity contribution is 7.17. The highest BCUT2D eigenvalue weighted by Gasteiger charge is 2.26. The zero-order chi connectivity index (χ0) is 24.2. The van der Waals surface area contributed by atoms with Gasteiger partial charge in [-0.15, -0.1) is 22.7 Å². The lowest BCUT2D eigenvalue weighted by atomic mass is 9.88. The first-order chi connectivity index (χ1) is 16.4. The maximum atomic E-state index is 12.5. The highest BCUT2D eigenvalue weighted by atomic mass is 32.1. The molecule has 0 saturated heterocycles. The van der Waals surface area contributed by atoms with Gasteiger partial charge in [0.05, 0.1) is 11.1 Å². The lowest BCUT2D eigenvalue weighted by molar-refractivity contribution is -0.118. The van der Waals surface area contributed by atoms with E-state index >= 15 is 0 Å². The maximum Gasteiger partial charge on any atom is 0.225 e. The fourth-order valence-corrected chi connectivity index (χ4v) is 7.62. The Bertz CT molecular complexity index is 1090. The van der Waals surface area contributed by atoms with E-state index in [0.29, 0.717) is 58.6 Å². The SMILES string of the molecule is C[C@H]1CCc2c(sc(NC(=O)CCCCC(=O)Nc3sc4c(c3C#N)CC[C@H](C)C4)c2C#N)C1. The van der Waals surface area contributed by atoms with Gasteiger partial charge in [0.25, 0.3) is 0 Å². The summed E-state index contributed by atoms with van der Waals surface area (Å²) in [5, 5.41) is 26.4. The van der Waals surface area contributed by atoms with Gasteiger partial charge in [-0.3, -0.25) is 9.59 Å². The van der Waals surface area contributed by atoms with E-state index in [4.69, 9.17) is 0 Å². The number of unbranched alkanes of at least 4 members (excludes halogenated alkanes) is 1. The molecule has 4 rings (SSSR count). The van der Waals surface area contributed by atoms with Crippen LogP contribution in [0, 0.1) is 34.5 Å². The van der Waals surface area contributed by atoms with E-state index in [2.05, 4.69) is 36.6 Å². The Morgan fingerprint density at radius 3 is 1.62 bits per heavy atom. The largest absolute Gasteiger partial charge is 0.317 e. The minimum absolute atomic E-state index is 0.115. The molecule has 0 radical (unpaired) electrons. The molecule has 0 unspecified atom stereocenters. The summed E-state index contributed by atoms with van der Waals surface area (Å²) < 4.78 is 0. The Balaban J connectivity index is 1.25. The zero-order valence-corrected chi connectivity index (χ0v) is 21.4. The minimum atomic E-state index is -0.115. The monoisotopic (exact) mass is 494 g/mol. The number of hydrogen-bond donors (Lipinski definition) is 2. The van der Waals surface area contributed by atoms with Gasteiger partial charge in [0.2, 0.25) is 11.8 Å². The van der Waals surface area contributed by atoms with E-state index in [0.717, 1.165) is 49.7 Å². The van der Waals surface area contributed by atoms with E-state index in [1.165, 1.54) is 32.4 Å². The first-order valence-corrected chi connectivity index (χ1v) is 13.7. The van der Waals surface area contributed by atoms with E-state index < -0.39 is 0 Å². The van der Waals surface area contributed by atoms with Gasteiger partial charge in [-0.05, 0) is 74.3 Å². The average molecular weight is 495 g/mol. The fourth-order valence-electron chi connectivity index (χ4n) is 4.86. The summed E-state index contributed by atoms with van der Waals surface area (Å²) >= 11 is 3.07. The second-order valence-electron chi connectivity index (χ2n) is 9.64. The third-order valence-corrected chi connectivity index (χ3v) is 9.15. The highest BCUT2D eigenvalue weighted by Crippen LogP contribution is 2.40. The van der Waals surface area contributed by atoms with Crippen LogP contribution in [0.3, 0.4) is 0 Å². The molecule has 2 aliphatic carbocycles. The van der Waals surface area contributed by atoms with Gasteiger partial charge in [-0.2, -0.15) is 10.5 Å². The van der Waals surface area contributed by atoms with Crippen LogP contribution in [-0.4, -0.2) is 11.8 Å². The van der Waals surface area contributed by atoms with Gasteiger partial charge < -0.3 is 10.6 Å². The topological polar surface area (TPSA) is 106 Å². The van der Waals surface area contributed by atoms with Gasteiger partial charge >= 0.3 is 0 Å². The second-order valence-corrected chi connectivity index (χ2v) is 11.8. The number of thiophene rings is 2. The molecule has 178 valence electrons. The van der Waals surface area contributed by atoms with E-state index in [9.17, 15) is 20.1 Å². The van der Waals surface area contributed by atoms with E-state index in [1.807, 2.05) is 0 Å². The fraction of sp³-hybridized carbons (Fsp3) is 0.538. The molecule has 2 heterocycles. The van der Waals surface area contributed by atoms with Crippen LogP contribution in [0.25, 0.3) is 0 Å². The van der Waals surface area contributed by atoms with Crippen molar-refractivity contribution >= 4 is 44.5 Å². The number of carbonyl (C=O) groups excluding carboxylic acids is 2. The quantitative estimate of drug-likeness (QED) is 0.465. The van der Waals surface area contributed by atoms with E-state index in [-0.39, 0.29) is 11.8 Å². The standard InChI is InChI=1S/C26H30N4O2S2/c1-15-7-9-17-19(13-27)25(33-21(17)11-15)29-23(31)5-3-4-6-24(32)30-26-20(14-28)18-10-8-16(2)12-22(18)34-26/h15-16H,3-12H2,1-2H3,(H,29,31)(H,30,32)/t15-,16-/m0/s1. The molecule has 2 amide bonds. The average Bonchev–Trinajstić information content (AvgIpc) is 3.31. The van der Waals surface area contributed by atoms with Crippen molar-refractivity contribution < 1.29 is 9.59 Å². The molecule has 2 atom stereocenters. The summed E-state index contributed by atoms with van der Waals surface area (Å²) in [6.07, 6.45) is 7.71. The number of anilines is 2. The number of fused-ring (bicyclic) bond motifs is 2. The predicted molar refractivity (Wildman–Crippen MR) is 136 cm³/mol. The smallest absolute Gasteiger partial charge is 0.225 e. The predicted octanol–water partition coefficient (Wildman–Crippen LogP) is 5.94. The lowest BCUT2D eigenvalue weighted by Gasteiger charge is -2.17. The van der Waals surface area contributed by atoms with Gasteiger partial charge in [-0.25, -0.2) is 0 Å². The number of nitrogens with one attached hydrogen (secondary N) is 2. The van der Waals surface area contributed by atoms with Crippen molar-refractivity contribution in [2.45, 2.75) is 78.1 Å². The molecule has 0 aromatic carbocycles. The number of rotatable bonds is 7. The first kappa shape index (κ1) is 24.4. The molecule has 2 aromatic rings. The summed E-state index contributed by atoms with van der Waals surface area (Å²) in [5.41, 5.74) is 3.47. The van der Waals surface area contributed by atoms with Crippen molar-refractivity contribution in [3.63, 3.8) is 0 Å². The Labute approximate surface area is 209 Å². The van der Waals surface area contributed by atoms with Crippen molar-refractivity contribution in [2.24, 2.45) is 11.8 Å². The normalized spacial score (nSPS) is 18.8. The van der Waals surface area contributed by atoms with Crippen LogP contribution >= 0.6 is 22.7 Å². The number of carbonyl (C=O) groups is 2. The molecule has 0 aliphatic heterocycles. The summed E-state index contributed by atoms with van der Waals surface area (Å²) in [6, 6.07) is 4.56. The minimum Gasteiger partial charge on any atom is -0.317 e. The summed E-state index contributed by atoms with van der Waals surface area (Å²) in [5.74, 6) is 0.991. The zero-order valence-electron chi connectivity index (χ0n) is 19.8. The van der Waals surface area contributed by atoms with Crippen LogP contribution in [0.1, 0.15) is 84.4 Å². The summed E-state index contributed by atoms with van der Waals surface area (Å²) in [7, 11) is 0. The van der Waals surface area contributed by atoms with Gasteiger partial charge in [-0.1, -0.05) is 13.8 Å². The molecule has 0 saturated carbocycles. The maximum absolute atomic E-state index is 12.5. The second kappa shape index (κ2) is 10.7. The summed E-state index contributed by atoms with van der Waals surface area (Å²) in [6.45, 7) is 4.44. The molecule has 2 aromatic heterocycles. The lowest BCUT2D eigenvalue weighted by Crippen LogP contribution is -2.13. The van der Waals surface area contributed by atoms with Crippen molar-refractivity contribution in [3.05, 3.63) is 32.0 Å². The molecule has 8 heteroatoms. The molecule has 0 spiro atoms. The molecule has 0 fully saturated rings. The third kappa shape index (κ3) is 5.35. The Kier molecular flexibility index (Phi) is 7.70. The third-order valence-electron chi connectivity index (χ3n) is 6.81. The van der Waals surface area contributed by atoms with Gasteiger partial charge in [0.15, 0.2) is 0 Å². The molecule has 2 aliphatic rings. The van der Waals surface area contributed by atoms with Crippen LogP contribution in [0.2, 0.25) is 0 Å². The summed E-state index contributed by atoms with van der Waals surface area (Å²) in [4.78, 5) is 27.4. The Morgan fingerprint density at radius 2 is 1.24 bits per heavy atom. The number of nitrogens with zero attached hydrogens (tertiary/aromatic N) is 2. The van der Waals surface area contributed by atoms with E-state index in [1.54, 1.807) is 0 Å². The van der Waals surface area contributed by atoms with Crippen LogP contribution in [0.5, 0.6) is 0 Å². The molecular weight excluding hydrogens is 464 g/mol. The Hall–Kier alpha value is -2.68. The molecule has 0 bridgehead atoms. The van der Waals surface area contributed by atoms with Crippen molar-refractivity contribution in [1.29, 1.82) is 10.5 Å². The van der Waals surface area contributed by atoms with Gasteiger partial charge in [0.1, 0.15) is 22.1 Å². The first-order valence-electron chi connectivity index (χ1n) is 12.1. The van der Waals surface area contributed by atoms with Gasteiger partial charge in [0, 0.05) is 22.6 Å². The number of amides is 2. The molecule has 6 nitrogen and oxygen atoms in total. The van der Waals surface area contributed by atoms with Crippen LogP contribution < -0.4 is 10.6 Å². The molecule has 34 heavy (non-hydrogen) atoms. The van der Waals surface area contributed by atoms with Crippen LogP contribution in [0.4, 0.5) is 10.0 Å². The van der Waals surface area contributed by atoms with Crippen molar-refractivity contribution in [3.8, 4) is 12.1 Å². The number of nitriles is 2. The molecule has 2 N–H and O–H groups in total. The molecular formula is C26H30N4O2S2. The number of hydrogen-bond acceptors (Lipinski definition) is 6.